The number of aromatic nitrogens is 1. The third-order valence-electron chi connectivity index (χ3n) is 4.86. The van der Waals surface area contributed by atoms with Gasteiger partial charge in [-0.05, 0) is 43.9 Å². The highest BCUT2D eigenvalue weighted by molar-refractivity contribution is 7.87. The van der Waals surface area contributed by atoms with Gasteiger partial charge < -0.3 is 9.72 Å². The number of aromatic amines is 1. The molecule has 0 spiro atoms. The van der Waals surface area contributed by atoms with Crippen LogP contribution in [-0.4, -0.2) is 33.1 Å². The van der Waals surface area contributed by atoms with Crippen molar-refractivity contribution in [1.82, 2.24) is 14.4 Å². The molecule has 0 atom stereocenters. The van der Waals surface area contributed by atoms with Crippen molar-refractivity contribution < 1.29 is 13.2 Å². The molecule has 0 bridgehead atoms. The number of rotatable bonds is 7. The molecule has 2 aromatic rings. The number of benzene rings is 1. The van der Waals surface area contributed by atoms with Crippen molar-refractivity contribution in [3.8, 4) is 5.75 Å². The highest BCUT2D eigenvalue weighted by atomic mass is 32.2. The second kappa shape index (κ2) is 7.77. The molecular formula is C18H25N3O4S. The summed E-state index contributed by atoms with van der Waals surface area (Å²) >= 11 is 0. The lowest BCUT2D eigenvalue weighted by Gasteiger charge is -2.13. The fourth-order valence-corrected chi connectivity index (χ4v) is 4.56. The second-order valence-electron chi connectivity index (χ2n) is 6.74. The van der Waals surface area contributed by atoms with Gasteiger partial charge in [0.1, 0.15) is 5.75 Å². The Morgan fingerprint density at radius 3 is 2.69 bits per heavy atom. The van der Waals surface area contributed by atoms with E-state index >= 15 is 0 Å². The van der Waals surface area contributed by atoms with E-state index in [1.807, 2.05) is 25.1 Å². The molecule has 1 aliphatic carbocycles. The van der Waals surface area contributed by atoms with Crippen LogP contribution < -0.4 is 19.7 Å². The van der Waals surface area contributed by atoms with Gasteiger partial charge in [0.2, 0.25) is 0 Å². The monoisotopic (exact) mass is 379 g/mol. The van der Waals surface area contributed by atoms with Crippen LogP contribution in [-0.2, 0) is 16.6 Å². The van der Waals surface area contributed by atoms with Crippen LogP contribution in [0.25, 0.3) is 10.9 Å². The Morgan fingerprint density at radius 2 is 2.00 bits per heavy atom. The van der Waals surface area contributed by atoms with E-state index in [9.17, 15) is 13.2 Å². The molecule has 1 aromatic heterocycles. The van der Waals surface area contributed by atoms with Crippen LogP contribution in [0.4, 0.5) is 0 Å². The molecule has 0 radical (unpaired) electrons. The highest BCUT2D eigenvalue weighted by Gasteiger charge is 2.20. The molecule has 1 fully saturated rings. The van der Waals surface area contributed by atoms with Gasteiger partial charge in [0.15, 0.2) is 0 Å². The largest absolute Gasteiger partial charge is 0.495 e. The summed E-state index contributed by atoms with van der Waals surface area (Å²) in [4.78, 5) is 15.2. The summed E-state index contributed by atoms with van der Waals surface area (Å²) in [5, 5.41) is 0.894. The zero-order chi connectivity index (χ0) is 18.7. The number of hydrogen-bond donors (Lipinski definition) is 3. The van der Waals surface area contributed by atoms with Crippen molar-refractivity contribution in [2.24, 2.45) is 0 Å². The zero-order valence-electron chi connectivity index (χ0n) is 15.1. The van der Waals surface area contributed by atoms with Gasteiger partial charge in [-0.25, -0.2) is 4.72 Å². The molecule has 0 saturated heterocycles. The fourth-order valence-electron chi connectivity index (χ4n) is 3.43. The van der Waals surface area contributed by atoms with Crippen molar-refractivity contribution in [2.75, 3.05) is 13.7 Å². The van der Waals surface area contributed by atoms with Crippen LogP contribution in [0.2, 0.25) is 0 Å². The van der Waals surface area contributed by atoms with Crippen molar-refractivity contribution in [3.63, 3.8) is 0 Å². The number of nitrogens with one attached hydrogen (secondary N) is 3. The maximum Gasteiger partial charge on any atom is 0.277 e. The van der Waals surface area contributed by atoms with Crippen molar-refractivity contribution in [2.45, 2.75) is 45.1 Å². The van der Waals surface area contributed by atoms with Crippen LogP contribution in [0.1, 0.15) is 36.8 Å². The summed E-state index contributed by atoms with van der Waals surface area (Å²) in [7, 11) is -1.98. The molecular weight excluding hydrogens is 354 g/mol. The third-order valence-corrected chi connectivity index (χ3v) is 6.09. The van der Waals surface area contributed by atoms with Gasteiger partial charge in [-0.3, -0.25) is 4.79 Å². The summed E-state index contributed by atoms with van der Waals surface area (Å²) in [5.74, 6) is 0.607. The smallest absolute Gasteiger partial charge is 0.277 e. The summed E-state index contributed by atoms with van der Waals surface area (Å²) < 4.78 is 34.7. The molecule has 0 aliphatic heterocycles. The third kappa shape index (κ3) is 4.25. The van der Waals surface area contributed by atoms with E-state index < -0.39 is 10.2 Å². The summed E-state index contributed by atoms with van der Waals surface area (Å²) in [5.41, 5.74) is 1.98. The van der Waals surface area contributed by atoms with Gasteiger partial charge in [0, 0.05) is 23.5 Å². The van der Waals surface area contributed by atoms with Crippen LogP contribution in [0.3, 0.4) is 0 Å². The Balaban J connectivity index is 1.72. The first-order chi connectivity index (χ1) is 12.4. The molecule has 3 rings (SSSR count). The number of pyridine rings is 1. The van der Waals surface area contributed by atoms with E-state index in [0.717, 1.165) is 36.6 Å². The summed E-state index contributed by atoms with van der Waals surface area (Å²) in [6.07, 6.45) is 4.19. The first-order valence-corrected chi connectivity index (χ1v) is 10.3. The van der Waals surface area contributed by atoms with Gasteiger partial charge in [0.25, 0.3) is 15.8 Å². The second-order valence-corrected chi connectivity index (χ2v) is 8.28. The van der Waals surface area contributed by atoms with Crippen molar-refractivity contribution in [3.05, 3.63) is 39.7 Å². The molecule has 8 heteroatoms. The number of aryl methyl sites for hydroxylation is 1. The van der Waals surface area contributed by atoms with Gasteiger partial charge in [-0.1, -0.05) is 18.9 Å². The van der Waals surface area contributed by atoms with E-state index in [4.69, 9.17) is 4.74 Å². The average Bonchev–Trinajstić information content (AvgIpc) is 3.08. The number of hydrogen-bond acceptors (Lipinski definition) is 4. The molecule has 7 nitrogen and oxygen atoms in total. The first kappa shape index (κ1) is 18.9. The van der Waals surface area contributed by atoms with Crippen LogP contribution in [0.5, 0.6) is 5.75 Å². The quantitative estimate of drug-likeness (QED) is 0.682. The lowest BCUT2D eigenvalue weighted by atomic mass is 10.1. The molecule has 26 heavy (non-hydrogen) atoms. The normalized spacial score (nSPS) is 15.6. The van der Waals surface area contributed by atoms with E-state index in [1.54, 1.807) is 7.11 Å². The van der Waals surface area contributed by atoms with Crippen molar-refractivity contribution >= 4 is 21.1 Å². The Hall–Kier alpha value is -1.90. The number of H-pyrrole nitrogens is 1. The number of fused-ring (bicyclic) bond motifs is 1. The Labute approximate surface area is 153 Å². The zero-order valence-corrected chi connectivity index (χ0v) is 15.9. The predicted octanol–water partition coefficient (Wildman–Crippen LogP) is 1.75. The van der Waals surface area contributed by atoms with Crippen LogP contribution in [0.15, 0.2) is 23.0 Å². The molecule has 1 heterocycles. The Bertz CT molecular complexity index is 947. The molecule has 142 valence electrons. The molecule has 1 aromatic carbocycles. The highest BCUT2D eigenvalue weighted by Crippen LogP contribution is 2.25. The fraction of sp³-hybridized carbons (Fsp3) is 0.500. The molecule has 1 aliphatic rings. The van der Waals surface area contributed by atoms with E-state index in [-0.39, 0.29) is 18.1 Å². The predicted molar refractivity (Wildman–Crippen MR) is 102 cm³/mol. The number of ether oxygens (including phenoxy) is 1. The summed E-state index contributed by atoms with van der Waals surface area (Å²) in [6, 6.07) is 5.57. The van der Waals surface area contributed by atoms with Crippen LogP contribution in [0, 0.1) is 6.92 Å². The minimum atomic E-state index is -3.54. The molecule has 0 unspecified atom stereocenters. The Morgan fingerprint density at radius 1 is 1.27 bits per heavy atom. The average molecular weight is 379 g/mol. The minimum absolute atomic E-state index is 0.0201. The van der Waals surface area contributed by atoms with E-state index in [2.05, 4.69) is 14.4 Å². The van der Waals surface area contributed by atoms with Crippen molar-refractivity contribution in [1.29, 1.82) is 0 Å². The van der Waals surface area contributed by atoms with E-state index in [1.165, 1.54) is 0 Å². The van der Waals surface area contributed by atoms with E-state index in [0.29, 0.717) is 23.3 Å². The molecule has 3 N–H and O–H groups in total. The summed E-state index contributed by atoms with van der Waals surface area (Å²) in [6.45, 7) is 2.12. The maximum absolute atomic E-state index is 12.3. The molecule has 1 saturated carbocycles. The first-order valence-electron chi connectivity index (χ1n) is 8.86. The SMILES string of the molecule is COc1ccc(C)c2cc(CCNS(=O)(=O)NC3CCCC3)c(=O)[nH]c12. The topological polar surface area (TPSA) is 100 Å². The lowest BCUT2D eigenvalue weighted by molar-refractivity contribution is 0.418. The van der Waals surface area contributed by atoms with Gasteiger partial charge in [-0.15, -0.1) is 0 Å². The van der Waals surface area contributed by atoms with Crippen LogP contribution >= 0.6 is 0 Å². The van der Waals surface area contributed by atoms with Gasteiger partial charge in [0.05, 0.1) is 12.6 Å². The maximum atomic E-state index is 12.3. The molecule has 0 amide bonds. The minimum Gasteiger partial charge on any atom is -0.495 e. The van der Waals surface area contributed by atoms with Gasteiger partial charge in [-0.2, -0.15) is 13.1 Å². The standard InChI is InChI=1S/C18H25N3O4S/c1-12-7-8-16(25-2)17-15(12)11-13(18(22)20-17)9-10-19-26(23,24)21-14-5-3-4-6-14/h7-8,11,14,19,21H,3-6,9-10H2,1-2H3,(H,20,22). The Kier molecular flexibility index (Phi) is 5.64. The van der Waals surface area contributed by atoms with Gasteiger partial charge >= 0.3 is 0 Å². The number of methoxy groups -OCH3 is 1. The lowest BCUT2D eigenvalue weighted by Crippen LogP contribution is -2.42.